The van der Waals surface area contributed by atoms with E-state index in [0.717, 1.165) is 17.8 Å². The molecule has 4 nitrogen and oxygen atoms in total. The number of halogens is 1. The molecule has 0 spiro atoms. The van der Waals surface area contributed by atoms with Gasteiger partial charge in [0, 0.05) is 54.6 Å². The van der Waals surface area contributed by atoms with Crippen LogP contribution in [0, 0.1) is 19.7 Å². The molecule has 1 aliphatic heterocycles. The van der Waals surface area contributed by atoms with Gasteiger partial charge in [-0.2, -0.15) is 0 Å². The number of anilines is 1. The first-order chi connectivity index (χ1) is 14.0. The average molecular weight is 413 g/mol. The van der Waals surface area contributed by atoms with E-state index in [0.29, 0.717) is 28.9 Å². The van der Waals surface area contributed by atoms with Crippen molar-refractivity contribution in [1.82, 2.24) is 4.90 Å². The summed E-state index contributed by atoms with van der Waals surface area (Å²) in [6.45, 7) is 7.36. The molecule has 2 heterocycles. The first-order valence-electron chi connectivity index (χ1n) is 9.80. The highest BCUT2D eigenvalue weighted by Crippen LogP contribution is 2.35. The minimum Gasteiger partial charge on any atom is -0.380 e. The number of rotatable bonds is 4. The number of piperazine rings is 1. The van der Waals surface area contributed by atoms with E-state index in [9.17, 15) is 9.18 Å². The van der Waals surface area contributed by atoms with Crippen LogP contribution >= 0.6 is 11.3 Å². The normalized spacial score (nSPS) is 14.6. The van der Waals surface area contributed by atoms with Crippen LogP contribution in [0.4, 0.5) is 10.1 Å². The Morgan fingerprint density at radius 1 is 1.10 bits per heavy atom. The van der Waals surface area contributed by atoms with Gasteiger partial charge in [-0.1, -0.05) is 18.2 Å². The molecule has 0 atom stereocenters. The second-order valence-corrected chi connectivity index (χ2v) is 8.51. The quantitative estimate of drug-likeness (QED) is 0.619. The van der Waals surface area contributed by atoms with Crippen LogP contribution < -0.4 is 4.90 Å². The molecule has 1 aromatic heterocycles. The smallest absolute Gasteiger partial charge is 0.264 e. The van der Waals surface area contributed by atoms with Crippen molar-refractivity contribution in [2.75, 3.05) is 38.2 Å². The summed E-state index contributed by atoms with van der Waals surface area (Å²) >= 11 is 1.36. The van der Waals surface area contributed by atoms with Crippen LogP contribution in [-0.4, -0.2) is 44.1 Å². The number of carbonyl (C=O) groups is 1. The molecular formula is C23H25FN2O2S. The molecule has 4 rings (SSSR count). The number of methoxy groups -OCH3 is 1. The highest BCUT2D eigenvalue weighted by molar-refractivity contribution is 7.21. The molecular weight excluding hydrogens is 387 g/mol. The average Bonchev–Trinajstić information content (AvgIpc) is 3.10. The highest BCUT2D eigenvalue weighted by Gasteiger charge is 2.28. The number of fused-ring (bicyclic) bond motifs is 1. The van der Waals surface area contributed by atoms with E-state index in [2.05, 4.69) is 36.9 Å². The Bertz CT molecular complexity index is 1050. The summed E-state index contributed by atoms with van der Waals surface area (Å²) in [6, 6.07) is 11.3. The standard InChI is InChI=1S/C23H25FN2O2S/c1-15-6-4-8-19(16(15)2)25-10-12-26(13-11-25)23(27)22-17(14-28-3)21-18(24)7-5-9-20(21)29-22/h4-9H,10-14H2,1-3H3. The lowest BCUT2D eigenvalue weighted by molar-refractivity contribution is 0.0747. The molecule has 0 radical (unpaired) electrons. The molecule has 0 unspecified atom stereocenters. The van der Waals surface area contributed by atoms with E-state index in [1.54, 1.807) is 13.2 Å². The number of thiophene rings is 1. The minimum absolute atomic E-state index is 0.0294. The Morgan fingerprint density at radius 2 is 1.83 bits per heavy atom. The number of nitrogens with zero attached hydrogens (tertiary/aromatic N) is 2. The van der Waals surface area contributed by atoms with E-state index in [-0.39, 0.29) is 18.3 Å². The van der Waals surface area contributed by atoms with Crippen molar-refractivity contribution in [1.29, 1.82) is 0 Å². The lowest BCUT2D eigenvalue weighted by Gasteiger charge is -2.37. The summed E-state index contributed by atoms with van der Waals surface area (Å²) in [6.07, 6.45) is 0. The van der Waals surface area contributed by atoms with Gasteiger partial charge >= 0.3 is 0 Å². The maximum Gasteiger partial charge on any atom is 0.264 e. The predicted molar refractivity (Wildman–Crippen MR) is 117 cm³/mol. The third-order valence-corrected chi connectivity index (χ3v) is 6.92. The van der Waals surface area contributed by atoms with Gasteiger partial charge in [0.2, 0.25) is 0 Å². The Morgan fingerprint density at radius 3 is 2.55 bits per heavy atom. The fourth-order valence-corrected chi connectivity index (χ4v) is 5.18. The number of benzene rings is 2. The maximum absolute atomic E-state index is 14.4. The van der Waals surface area contributed by atoms with Crippen molar-refractivity contribution in [2.24, 2.45) is 0 Å². The van der Waals surface area contributed by atoms with Gasteiger partial charge in [0.05, 0.1) is 11.5 Å². The van der Waals surface area contributed by atoms with Crippen LogP contribution in [-0.2, 0) is 11.3 Å². The minimum atomic E-state index is -0.301. The van der Waals surface area contributed by atoms with Crippen molar-refractivity contribution in [2.45, 2.75) is 20.5 Å². The lowest BCUT2D eigenvalue weighted by atomic mass is 10.1. The molecule has 29 heavy (non-hydrogen) atoms. The molecule has 1 fully saturated rings. The molecule has 0 saturated carbocycles. The lowest BCUT2D eigenvalue weighted by Crippen LogP contribution is -2.49. The Labute approximate surface area is 174 Å². The third-order valence-electron chi connectivity index (χ3n) is 5.73. The number of aryl methyl sites for hydroxylation is 1. The fraction of sp³-hybridized carbons (Fsp3) is 0.348. The summed E-state index contributed by atoms with van der Waals surface area (Å²) in [5.74, 6) is -0.331. The molecule has 1 amide bonds. The van der Waals surface area contributed by atoms with Crippen LogP contribution in [0.25, 0.3) is 10.1 Å². The maximum atomic E-state index is 14.4. The topological polar surface area (TPSA) is 32.8 Å². The molecule has 6 heteroatoms. The molecule has 1 aliphatic rings. The molecule has 0 aliphatic carbocycles. The van der Waals surface area contributed by atoms with E-state index in [1.165, 1.54) is 34.2 Å². The van der Waals surface area contributed by atoms with E-state index in [1.807, 2.05) is 11.0 Å². The molecule has 0 bridgehead atoms. The largest absolute Gasteiger partial charge is 0.380 e. The molecule has 2 aromatic carbocycles. The van der Waals surface area contributed by atoms with Gasteiger partial charge in [0.25, 0.3) is 5.91 Å². The van der Waals surface area contributed by atoms with Crippen LogP contribution in [0.1, 0.15) is 26.4 Å². The number of amides is 1. The van der Waals surface area contributed by atoms with E-state index in [4.69, 9.17) is 4.74 Å². The van der Waals surface area contributed by atoms with Gasteiger partial charge in [-0.3, -0.25) is 4.79 Å². The summed E-state index contributed by atoms with van der Waals surface area (Å²) in [5, 5.41) is 0.511. The van der Waals surface area contributed by atoms with Crippen LogP contribution in [0.15, 0.2) is 36.4 Å². The van der Waals surface area contributed by atoms with Gasteiger partial charge in [-0.05, 0) is 43.2 Å². The highest BCUT2D eigenvalue weighted by atomic mass is 32.1. The van der Waals surface area contributed by atoms with Gasteiger partial charge < -0.3 is 14.5 Å². The van der Waals surface area contributed by atoms with Crippen molar-refractivity contribution >= 4 is 33.0 Å². The SMILES string of the molecule is COCc1c(C(=O)N2CCN(c3cccc(C)c3C)CC2)sc2cccc(F)c12. The third kappa shape index (κ3) is 3.63. The Hall–Kier alpha value is -2.44. The zero-order valence-electron chi connectivity index (χ0n) is 17.0. The number of hydrogen-bond donors (Lipinski definition) is 0. The summed E-state index contributed by atoms with van der Waals surface area (Å²) < 4.78 is 20.5. The Kier molecular flexibility index (Phi) is 5.56. The van der Waals surface area contributed by atoms with Crippen LogP contribution in [0.3, 0.4) is 0 Å². The van der Waals surface area contributed by atoms with Gasteiger partial charge in [-0.15, -0.1) is 11.3 Å². The second-order valence-electron chi connectivity index (χ2n) is 7.45. The molecule has 0 N–H and O–H groups in total. The van der Waals surface area contributed by atoms with Crippen molar-refractivity contribution in [3.8, 4) is 0 Å². The van der Waals surface area contributed by atoms with Crippen molar-refractivity contribution in [3.05, 3.63) is 63.8 Å². The summed E-state index contributed by atoms with van der Waals surface area (Å²) in [5.41, 5.74) is 4.46. The van der Waals surface area contributed by atoms with Crippen molar-refractivity contribution in [3.63, 3.8) is 0 Å². The molecule has 1 saturated heterocycles. The fourth-order valence-electron chi connectivity index (χ4n) is 3.99. The summed E-state index contributed by atoms with van der Waals surface area (Å²) in [4.78, 5) is 18.1. The molecule has 152 valence electrons. The monoisotopic (exact) mass is 412 g/mol. The van der Waals surface area contributed by atoms with E-state index < -0.39 is 0 Å². The molecule has 3 aromatic rings. The Balaban J connectivity index is 1.57. The summed E-state index contributed by atoms with van der Waals surface area (Å²) in [7, 11) is 1.57. The van der Waals surface area contributed by atoms with Crippen LogP contribution in [0.2, 0.25) is 0 Å². The zero-order valence-corrected chi connectivity index (χ0v) is 17.8. The number of ether oxygens (including phenoxy) is 1. The first kappa shape index (κ1) is 19.9. The zero-order chi connectivity index (χ0) is 20.5. The van der Waals surface area contributed by atoms with Crippen molar-refractivity contribution < 1.29 is 13.9 Å². The second kappa shape index (κ2) is 8.13. The number of carbonyl (C=O) groups excluding carboxylic acids is 1. The van der Waals surface area contributed by atoms with Gasteiger partial charge in [0.15, 0.2) is 0 Å². The number of hydrogen-bond acceptors (Lipinski definition) is 4. The van der Waals surface area contributed by atoms with Gasteiger partial charge in [0.1, 0.15) is 5.82 Å². The van der Waals surface area contributed by atoms with Gasteiger partial charge in [-0.25, -0.2) is 4.39 Å². The first-order valence-corrected chi connectivity index (χ1v) is 10.6. The predicted octanol–water partition coefficient (Wildman–Crippen LogP) is 4.77. The van der Waals surface area contributed by atoms with E-state index >= 15 is 0 Å². The van der Waals surface area contributed by atoms with Crippen LogP contribution in [0.5, 0.6) is 0 Å².